The molecule has 82 valence electrons. The summed E-state index contributed by atoms with van der Waals surface area (Å²) in [4.78, 5) is 2.57. The molecule has 2 N–H and O–H groups in total. The Labute approximate surface area is 88.2 Å². The van der Waals surface area contributed by atoms with Crippen molar-refractivity contribution in [3.63, 3.8) is 0 Å². The largest absolute Gasteiger partial charge is 0.330 e. The maximum absolute atomic E-state index is 5.48. The molecule has 0 unspecified atom stereocenters. The zero-order chi connectivity index (χ0) is 10.4. The van der Waals surface area contributed by atoms with Crippen LogP contribution in [0.25, 0.3) is 0 Å². The third-order valence-electron chi connectivity index (χ3n) is 2.72. The van der Waals surface area contributed by atoms with Crippen LogP contribution in [0.15, 0.2) is 11.6 Å². The Bertz CT molecular complexity index is 175. The average Bonchev–Trinajstić information content (AvgIpc) is 2.16. The monoisotopic (exact) mass is 196 g/mol. The summed E-state index contributed by atoms with van der Waals surface area (Å²) < 4.78 is 0. The summed E-state index contributed by atoms with van der Waals surface area (Å²) in [7, 11) is 0. The Morgan fingerprint density at radius 1 is 1.36 bits per heavy atom. The van der Waals surface area contributed by atoms with E-state index in [4.69, 9.17) is 5.73 Å². The first-order valence-corrected chi connectivity index (χ1v) is 5.82. The van der Waals surface area contributed by atoms with Crippen LogP contribution in [0.3, 0.4) is 0 Å². The number of likely N-dealkylation sites (tertiary alicyclic amines) is 1. The molecule has 1 aliphatic heterocycles. The standard InChI is InChI=1S/C12H24N2/c1-11(2)10-14-8-5-12(6-9-14)4-3-7-13/h4,11H,3,5-10,13H2,1-2H3. The summed E-state index contributed by atoms with van der Waals surface area (Å²) >= 11 is 0. The van der Waals surface area contributed by atoms with E-state index in [0.29, 0.717) is 0 Å². The van der Waals surface area contributed by atoms with Crippen LogP contribution >= 0.6 is 0 Å². The van der Waals surface area contributed by atoms with Gasteiger partial charge in [0.05, 0.1) is 0 Å². The van der Waals surface area contributed by atoms with Crippen molar-refractivity contribution in [1.29, 1.82) is 0 Å². The second kappa shape index (κ2) is 6.20. The average molecular weight is 196 g/mol. The van der Waals surface area contributed by atoms with Crippen LogP contribution in [0.2, 0.25) is 0 Å². The maximum Gasteiger partial charge on any atom is 0.00188 e. The van der Waals surface area contributed by atoms with Gasteiger partial charge < -0.3 is 10.6 Å². The molecule has 0 radical (unpaired) electrons. The number of piperidine rings is 1. The highest BCUT2D eigenvalue weighted by Crippen LogP contribution is 2.17. The van der Waals surface area contributed by atoms with Crippen LogP contribution in [0.4, 0.5) is 0 Å². The molecule has 1 rings (SSSR count). The third kappa shape index (κ3) is 4.25. The minimum Gasteiger partial charge on any atom is -0.330 e. The fraction of sp³-hybridized carbons (Fsp3) is 0.833. The lowest BCUT2D eigenvalue weighted by Crippen LogP contribution is -2.33. The van der Waals surface area contributed by atoms with E-state index in [0.717, 1.165) is 18.9 Å². The normalized spacial score (nSPS) is 19.0. The van der Waals surface area contributed by atoms with Gasteiger partial charge in [0.15, 0.2) is 0 Å². The van der Waals surface area contributed by atoms with Crippen molar-refractivity contribution in [1.82, 2.24) is 4.90 Å². The molecule has 0 aromatic rings. The smallest absolute Gasteiger partial charge is 0.00188 e. The summed E-state index contributed by atoms with van der Waals surface area (Å²) in [6.07, 6.45) is 5.91. The summed E-state index contributed by atoms with van der Waals surface area (Å²) in [5.74, 6) is 0.796. The summed E-state index contributed by atoms with van der Waals surface area (Å²) in [5, 5.41) is 0. The molecule has 2 nitrogen and oxygen atoms in total. The van der Waals surface area contributed by atoms with Crippen molar-refractivity contribution < 1.29 is 0 Å². The predicted molar refractivity (Wildman–Crippen MR) is 62.3 cm³/mol. The fourth-order valence-electron chi connectivity index (χ4n) is 2.03. The molecule has 0 bridgehead atoms. The highest BCUT2D eigenvalue weighted by atomic mass is 15.1. The summed E-state index contributed by atoms with van der Waals surface area (Å²) in [5.41, 5.74) is 7.10. The molecule has 2 heteroatoms. The van der Waals surface area contributed by atoms with Gasteiger partial charge in [0.1, 0.15) is 0 Å². The van der Waals surface area contributed by atoms with Crippen LogP contribution in [-0.4, -0.2) is 31.1 Å². The molecule has 1 aliphatic rings. The number of hydrogen-bond acceptors (Lipinski definition) is 2. The highest BCUT2D eigenvalue weighted by molar-refractivity contribution is 5.05. The van der Waals surface area contributed by atoms with Crippen molar-refractivity contribution in [3.05, 3.63) is 11.6 Å². The first-order chi connectivity index (χ1) is 6.72. The molecule has 1 heterocycles. The topological polar surface area (TPSA) is 29.3 Å². The van der Waals surface area contributed by atoms with Crippen molar-refractivity contribution in [2.45, 2.75) is 33.1 Å². The van der Waals surface area contributed by atoms with Gasteiger partial charge in [0, 0.05) is 19.6 Å². The first kappa shape index (κ1) is 11.7. The van der Waals surface area contributed by atoms with E-state index in [1.54, 1.807) is 5.57 Å². The lowest BCUT2D eigenvalue weighted by atomic mass is 10.0. The lowest BCUT2D eigenvalue weighted by Gasteiger charge is -2.29. The Morgan fingerprint density at radius 2 is 2.00 bits per heavy atom. The zero-order valence-electron chi connectivity index (χ0n) is 9.63. The van der Waals surface area contributed by atoms with E-state index in [2.05, 4.69) is 24.8 Å². The van der Waals surface area contributed by atoms with Gasteiger partial charge in [-0.3, -0.25) is 0 Å². The van der Waals surface area contributed by atoms with Crippen molar-refractivity contribution in [2.24, 2.45) is 11.7 Å². The number of hydrogen-bond donors (Lipinski definition) is 1. The zero-order valence-corrected chi connectivity index (χ0v) is 9.63. The Balaban J connectivity index is 2.24. The number of nitrogens with zero attached hydrogens (tertiary/aromatic N) is 1. The predicted octanol–water partition coefficient (Wildman–Crippen LogP) is 2.01. The van der Waals surface area contributed by atoms with E-state index in [1.165, 1.54) is 32.5 Å². The van der Waals surface area contributed by atoms with Gasteiger partial charge in [-0.2, -0.15) is 0 Å². The molecular weight excluding hydrogens is 172 g/mol. The molecule has 14 heavy (non-hydrogen) atoms. The Hall–Kier alpha value is -0.340. The van der Waals surface area contributed by atoms with Crippen LogP contribution in [-0.2, 0) is 0 Å². The van der Waals surface area contributed by atoms with Gasteiger partial charge >= 0.3 is 0 Å². The molecule has 1 fully saturated rings. The van der Waals surface area contributed by atoms with Crippen molar-refractivity contribution in [3.8, 4) is 0 Å². The second-order valence-corrected chi connectivity index (χ2v) is 4.63. The summed E-state index contributed by atoms with van der Waals surface area (Å²) in [6, 6.07) is 0. The number of rotatable bonds is 4. The summed E-state index contributed by atoms with van der Waals surface area (Å²) in [6.45, 7) is 9.12. The van der Waals surface area contributed by atoms with Crippen LogP contribution in [0.1, 0.15) is 33.1 Å². The van der Waals surface area contributed by atoms with E-state index in [-0.39, 0.29) is 0 Å². The first-order valence-electron chi connectivity index (χ1n) is 5.82. The Morgan fingerprint density at radius 3 is 2.50 bits per heavy atom. The molecule has 0 spiro atoms. The van der Waals surface area contributed by atoms with Crippen LogP contribution in [0, 0.1) is 5.92 Å². The minimum atomic E-state index is 0.791. The molecule has 0 aromatic heterocycles. The highest BCUT2D eigenvalue weighted by Gasteiger charge is 2.13. The third-order valence-corrected chi connectivity index (χ3v) is 2.72. The lowest BCUT2D eigenvalue weighted by molar-refractivity contribution is 0.229. The van der Waals surface area contributed by atoms with Gasteiger partial charge in [-0.25, -0.2) is 0 Å². The molecule has 0 aliphatic carbocycles. The molecule has 0 aromatic carbocycles. The van der Waals surface area contributed by atoms with Gasteiger partial charge in [-0.15, -0.1) is 0 Å². The quantitative estimate of drug-likeness (QED) is 0.697. The molecule has 1 saturated heterocycles. The minimum absolute atomic E-state index is 0.791. The van der Waals surface area contributed by atoms with E-state index in [9.17, 15) is 0 Å². The Kier molecular flexibility index (Phi) is 5.20. The van der Waals surface area contributed by atoms with E-state index < -0.39 is 0 Å². The van der Waals surface area contributed by atoms with Gasteiger partial charge in [0.2, 0.25) is 0 Å². The van der Waals surface area contributed by atoms with Crippen LogP contribution < -0.4 is 5.73 Å². The van der Waals surface area contributed by atoms with Gasteiger partial charge in [-0.05, 0) is 31.7 Å². The van der Waals surface area contributed by atoms with Crippen LogP contribution in [0.5, 0.6) is 0 Å². The molecule has 0 atom stereocenters. The van der Waals surface area contributed by atoms with Gasteiger partial charge in [0.25, 0.3) is 0 Å². The molecule has 0 amide bonds. The fourth-order valence-corrected chi connectivity index (χ4v) is 2.03. The molecular formula is C12H24N2. The maximum atomic E-state index is 5.48. The number of nitrogens with two attached hydrogens (primary N) is 1. The molecule has 0 saturated carbocycles. The van der Waals surface area contributed by atoms with E-state index >= 15 is 0 Å². The van der Waals surface area contributed by atoms with E-state index in [1.807, 2.05) is 0 Å². The van der Waals surface area contributed by atoms with Gasteiger partial charge in [-0.1, -0.05) is 25.5 Å². The van der Waals surface area contributed by atoms with Crippen molar-refractivity contribution in [2.75, 3.05) is 26.2 Å². The SMILES string of the molecule is CC(C)CN1CCC(=CCCN)CC1. The second-order valence-electron chi connectivity index (χ2n) is 4.63. The van der Waals surface area contributed by atoms with Crippen molar-refractivity contribution >= 4 is 0 Å².